The minimum absolute atomic E-state index is 0.0256. The number of nitrogens with zero attached hydrogens (tertiary/aromatic N) is 2. The fraction of sp³-hybridized carbons (Fsp3) is 0.333. The zero-order chi connectivity index (χ0) is 14.3. The molecular weight excluding hydrogens is 238 g/mol. The maximum Gasteiger partial charge on any atom is 0.153 e. The lowest BCUT2D eigenvalue weighted by atomic mass is 10.1. The summed E-state index contributed by atoms with van der Waals surface area (Å²) >= 11 is 0. The molecule has 4 nitrogen and oxygen atoms in total. The van der Waals surface area contributed by atoms with Gasteiger partial charge < -0.3 is 10.8 Å². The minimum Gasteiger partial charge on any atom is -0.396 e. The van der Waals surface area contributed by atoms with Crippen LogP contribution in [-0.2, 0) is 0 Å². The highest BCUT2D eigenvalue weighted by Gasteiger charge is 2.03. The summed E-state index contributed by atoms with van der Waals surface area (Å²) in [5.74, 6) is 0.361. The van der Waals surface area contributed by atoms with Crippen molar-refractivity contribution in [1.29, 1.82) is 0 Å². The molecule has 102 valence electrons. The molecule has 0 aliphatic heterocycles. The summed E-state index contributed by atoms with van der Waals surface area (Å²) in [6, 6.07) is 7.76. The summed E-state index contributed by atoms with van der Waals surface area (Å²) in [7, 11) is 0. The number of aliphatic hydroxyl groups excluding tert-OH is 1. The third-order valence-corrected chi connectivity index (χ3v) is 2.81. The van der Waals surface area contributed by atoms with E-state index in [1.807, 2.05) is 38.1 Å². The van der Waals surface area contributed by atoms with Gasteiger partial charge in [-0.15, -0.1) is 5.10 Å². The normalized spacial score (nSPS) is 12.6. The Labute approximate surface area is 114 Å². The van der Waals surface area contributed by atoms with Crippen LogP contribution in [0.3, 0.4) is 0 Å². The molecule has 1 rings (SSSR count). The first-order valence-corrected chi connectivity index (χ1v) is 6.34. The minimum atomic E-state index is 0.0256. The molecule has 0 aromatic heterocycles. The molecule has 0 saturated carbocycles. The number of hydrogen-bond acceptors (Lipinski definition) is 3. The number of aryl methyl sites for hydroxylation is 1. The van der Waals surface area contributed by atoms with E-state index in [1.54, 1.807) is 0 Å². The van der Waals surface area contributed by atoms with E-state index in [-0.39, 0.29) is 6.61 Å². The maximum absolute atomic E-state index is 8.99. The van der Waals surface area contributed by atoms with E-state index in [0.29, 0.717) is 18.0 Å². The van der Waals surface area contributed by atoms with Crippen molar-refractivity contribution in [3.63, 3.8) is 0 Å². The van der Waals surface area contributed by atoms with E-state index in [9.17, 15) is 0 Å². The number of rotatable bonds is 6. The molecule has 1 aromatic carbocycles. The van der Waals surface area contributed by atoms with Gasteiger partial charge >= 0.3 is 0 Å². The molecule has 0 bridgehead atoms. The Balaban J connectivity index is 2.92. The molecule has 4 heteroatoms. The Morgan fingerprint density at radius 2 is 1.89 bits per heavy atom. The molecule has 1 aromatic rings. The number of aliphatic hydroxyl groups is 1. The van der Waals surface area contributed by atoms with Crippen molar-refractivity contribution < 1.29 is 5.11 Å². The lowest BCUT2D eigenvalue weighted by molar-refractivity contribution is 0.307. The Bertz CT molecular complexity index is 487. The monoisotopic (exact) mass is 259 g/mol. The van der Waals surface area contributed by atoms with Crippen molar-refractivity contribution in [1.82, 2.24) is 0 Å². The molecule has 0 radical (unpaired) electrons. The van der Waals surface area contributed by atoms with Crippen molar-refractivity contribution in [3.05, 3.63) is 47.5 Å². The van der Waals surface area contributed by atoms with E-state index in [4.69, 9.17) is 10.8 Å². The number of allylic oxidation sites excluding steroid dienone is 1. The van der Waals surface area contributed by atoms with Gasteiger partial charge in [-0.1, -0.05) is 43.3 Å². The van der Waals surface area contributed by atoms with Crippen LogP contribution in [0, 0.1) is 6.92 Å². The van der Waals surface area contributed by atoms with E-state index < -0.39 is 0 Å². The first-order chi connectivity index (χ1) is 9.08. The van der Waals surface area contributed by atoms with Crippen LogP contribution in [0.15, 0.2) is 46.6 Å². The van der Waals surface area contributed by atoms with Gasteiger partial charge in [-0.05, 0) is 18.9 Å². The zero-order valence-electron chi connectivity index (χ0n) is 11.6. The molecule has 0 atom stereocenters. The van der Waals surface area contributed by atoms with Crippen LogP contribution >= 0.6 is 0 Å². The first kappa shape index (κ1) is 15.1. The molecule has 0 heterocycles. The van der Waals surface area contributed by atoms with Crippen molar-refractivity contribution >= 4 is 11.5 Å². The van der Waals surface area contributed by atoms with Crippen LogP contribution in [-0.4, -0.2) is 23.3 Å². The lowest BCUT2D eigenvalue weighted by Gasteiger charge is -2.04. The fourth-order valence-electron chi connectivity index (χ4n) is 1.50. The maximum atomic E-state index is 8.99. The molecule has 0 aliphatic rings. The molecule has 0 unspecified atom stereocenters. The van der Waals surface area contributed by atoms with Crippen molar-refractivity contribution in [2.45, 2.75) is 26.7 Å². The summed E-state index contributed by atoms with van der Waals surface area (Å²) in [5.41, 5.74) is 9.45. The molecule has 0 fully saturated rings. The Hall–Kier alpha value is -1.94. The second-order valence-corrected chi connectivity index (χ2v) is 4.33. The second-order valence-electron chi connectivity index (χ2n) is 4.33. The Morgan fingerprint density at radius 3 is 2.42 bits per heavy atom. The van der Waals surface area contributed by atoms with Gasteiger partial charge in [0.2, 0.25) is 0 Å². The van der Waals surface area contributed by atoms with Gasteiger partial charge in [0.15, 0.2) is 5.84 Å². The van der Waals surface area contributed by atoms with Crippen molar-refractivity contribution in [2.75, 3.05) is 6.61 Å². The van der Waals surface area contributed by atoms with Crippen LogP contribution in [0.2, 0.25) is 0 Å². The Morgan fingerprint density at radius 1 is 1.26 bits per heavy atom. The second kappa shape index (κ2) is 7.48. The smallest absolute Gasteiger partial charge is 0.153 e. The Kier molecular flexibility index (Phi) is 5.96. The van der Waals surface area contributed by atoms with E-state index in [1.165, 1.54) is 5.56 Å². The molecule has 0 spiro atoms. The van der Waals surface area contributed by atoms with Crippen LogP contribution in [0.1, 0.15) is 30.9 Å². The average molecular weight is 259 g/mol. The molecule has 0 saturated heterocycles. The van der Waals surface area contributed by atoms with E-state index >= 15 is 0 Å². The summed E-state index contributed by atoms with van der Waals surface area (Å²) in [4.78, 5) is 0. The molecule has 0 amide bonds. The summed E-state index contributed by atoms with van der Waals surface area (Å²) in [6.45, 7) is 7.93. The van der Waals surface area contributed by atoms with Gasteiger partial charge in [0, 0.05) is 18.6 Å². The largest absolute Gasteiger partial charge is 0.396 e. The molecule has 3 N–H and O–H groups in total. The first-order valence-electron chi connectivity index (χ1n) is 6.34. The number of nitrogens with two attached hydrogens (primary N) is 1. The highest BCUT2D eigenvalue weighted by Crippen LogP contribution is 2.06. The van der Waals surface area contributed by atoms with Gasteiger partial charge in [0.05, 0.1) is 5.71 Å². The van der Waals surface area contributed by atoms with E-state index in [0.717, 1.165) is 17.6 Å². The lowest BCUT2D eigenvalue weighted by Crippen LogP contribution is -2.13. The third kappa shape index (κ3) is 4.67. The van der Waals surface area contributed by atoms with Crippen LogP contribution in [0.5, 0.6) is 0 Å². The number of benzene rings is 1. The van der Waals surface area contributed by atoms with Gasteiger partial charge in [-0.2, -0.15) is 5.10 Å². The topological polar surface area (TPSA) is 71.0 Å². The number of amidine groups is 1. The third-order valence-electron chi connectivity index (χ3n) is 2.81. The molecule has 0 aliphatic carbocycles. The standard InChI is InChI=1S/C15H21N3O/c1-4-12(3)14(9-10-19)17-18-15(16)13-7-5-11(2)6-8-13/h5-8,19H,3-4,9-10H2,1-2H3,(H2,16,18)/b17-14-. The highest BCUT2D eigenvalue weighted by molar-refractivity contribution is 6.01. The predicted molar refractivity (Wildman–Crippen MR) is 80.5 cm³/mol. The van der Waals surface area contributed by atoms with Crippen LogP contribution in [0.25, 0.3) is 0 Å². The zero-order valence-corrected chi connectivity index (χ0v) is 11.6. The SMILES string of the molecule is C=C(CC)/C(CCO)=N\N=C(/N)c1ccc(C)cc1. The highest BCUT2D eigenvalue weighted by atomic mass is 16.3. The quantitative estimate of drug-likeness (QED) is 0.468. The fourth-order valence-corrected chi connectivity index (χ4v) is 1.50. The summed E-state index contributed by atoms with van der Waals surface area (Å²) in [5, 5.41) is 17.1. The van der Waals surface area contributed by atoms with Crippen LogP contribution in [0.4, 0.5) is 0 Å². The van der Waals surface area contributed by atoms with Gasteiger partial charge in [-0.25, -0.2) is 0 Å². The molecular formula is C15H21N3O. The van der Waals surface area contributed by atoms with Crippen molar-refractivity contribution in [3.8, 4) is 0 Å². The predicted octanol–water partition coefficient (Wildman–Crippen LogP) is 2.40. The van der Waals surface area contributed by atoms with Gasteiger partial charge in [-0.3, -0.25) is 0 Å². The van der Waals surface area contributed by atoms with E-state index in [2.05, 4.69) is 16.8 Å². The van der Waals surface area contributed by atoms with Crippen LogP contribution < -0.4 is 5.73 Å². The van der Waals surface area contributed by atoms with Gasteiger partial charge in [0.25, 0.3) is 0 Å². The summed E-state index contributed by atoms with van der Waals surface area (Å²) in [6.07, 6.45) is 1.22. The number of hydrogen-bond donors (Lipinski definition) is 2. The van der Waals surface area contributed by atoms with Crippen molar-refractivity contribution in [2.24, 2.45) is 15.9 Å². The summed E-state index contributed by atoms with van der Waals surface area (Å²) < 4.78 is 0. The van der Waals surface area contributed by atoms with Gasteiger partial charge in [0.1, 0.15) is 0 Å². The average Bonchev–Trinajstić information content (AvgIpc) is 2.43. The molecule has 19 heavy (non-hydrogen) atoms.